The van der Waals surface area contributed by atoms with E-state index < -0.39 is 0 Å². The fourth-order valence-electron chi connectivity index (χ4n) is 7.52. The number of hydrogen-bond acceptors (Lipinski definition) is 7. The van der Waals surface area contributed by atoms with Crippen LogP contribution in [0.4, 0.5) is 21.1 Å². The molecule has 242 valence electrons. The van der Waals surface area contributed by atoms with Crippen molar-refractivity contribution < 1.29 is 9.18 Å². The zero-order valence-electron chi connectivity index (χ0n) is 26.6. The Morgan fingerprint density at radius 2 is 1.61 bits per heavy atom. The van der Waals surface area contributed by atoms with E-state index in [4.69, 9.17) is 4.98 Å². The molecule has 4 aromatic rings. The Labute approximate surface area is 269 Å². The maximum atomic E-state index is 13.8. The van der Waals surface area contributed by atoms with Gasteiger partial charge in [0.15, 0.2) is 0 Å². The number of carbonyl (C=O) groups is 1. The number of imidazole rings is 1. The minimum atomic E-state index is -0.341. The van der Waals surface area contributed by atoms with E-state index in [1.54, 1.807) is 0 Å². The summed E-state index contributed by atoms with van der Waals surface area (Å²) >= 11 is 0. The van der Waals surface area contributed by atoms with Crippen LogP contribution in [-0.2, 0) is 6.54 Å². The zero-order chi connectivity index (χ0) is 31.6. The normalized spacial score (nSPS) is 18.7. The van der Waals surface area contributed by atoms with Gasteiger partial charge in [0, 0.05) is 57.6 Å². The van der Waals surface area contributed by atoms with E-state index >= 15 is 0 Å². The number of hydrogen-bond donors (Lipinski definition) is 0. The number of nitrogens with zero attached hydrogens (tertiary/aromatic N) is 8. The number of carbonyl (C=O) groups excluding carboxylic acids is 1. The third-order valence-electron chi connectivity index (χ3n) is 10.2. The Morgan fingerprint density at radius 1 is 0.891 bits per heavy atom. The van der Waals surface area contributed by atoms with Gasteiger partial charge < -0.3 is 24.2 Å². The molecule has 0 radical (unpaired) electrons. The highest BCUT2D eigenvalue weighted by Crippen LogP contribution is 2.29. The van der Waals surface area contributed by atoms with Crippen LogP contribution in [0.3, 0.4) is 0 Å². The largest absolute Gasteiger partial charge is 0.342 e. The number of fused-ring (bicyclic) bond motifs is 1. The molecule has 1 amide bonds. The summed E-state index contributed by atoms with van der Waals surface area (Å²) in [5.41, 5.74) is 2.63. The van der Waals surface area contributed by atoms with Crippen molar-refractivity contribution in [3.8, 4) is 0 Å². The molecule has 0 atom stereocenters. The molecule has 11 heteroatoms. The number of aromatic nitrogens is 4. The Balaban J connectivity index is 1.05. The lowest BCUT2D eigenvalue weighted by Crippen LogP contribution is -2.51. The van der Waals surface area contributed by atoms with E-state index in [-0.39, 0.29) is 23.4 Å². The van der Waals surface area contributed by atoms with Gasteiger partial charge in [0.25, 0.3) is 5.56 Å². The predicted octanol–water partition coefficient (Wildman–Crippen LogP) is 4.80. The number of likely N-dealkylation sites (tertiary alicyclic amines) is 2. The average Bonchev–Trinajstić information content (AvgIpc) is 3.47. The van der Waals surface area contributed by atoms with Gasteiger partial charge in [-0.25, -0.2) is 19.2 Å². The van der Waals surface area contributed by atoms with Crippen molar-refractivity contribution in [2.45, 2.75) is 63.6 Å². The predicted molar refractivity (Wildman–Crippen MR) is 178 cm³/mol. The van der Waals surface area contributed by atoms with E-state index in [9.17, 15) is 14.0 Å². The van der Waals surface area contributed by atoms with Crippen molar-refractivity contribution in [2.24, 2.45) is 0 Å². The molecule has 3 aliphatic heterocycles. The molecule has 0 bridgehead atoms. The number of halogens is 1. The number of piperidine rings is 3. The lowest BCUT2D eigenvalue weighted by Gasteiger charge is -2.41. The maximum Gasteiger partial charge on any atom is 0.334 e. The van der Waals surface area contributed by atoms with E-state index in [2.05, 4.69) is 25.4 Å². The first-order chi connectivity index (χ1) is 22.5. The van der Waals surface area contributed by atoms with Crippen LogP contribution in [0.2, 0.25) is 0 Å². The van der Waals surface area contributed by atoms with E-state index in [0.717, 1.165) is 74.4 Å². The highest BCUT2D eigenvalue weighted by molar-refractivity contribution is 5.80. The quantitative estimate of drug-likeness (QED) is 0.304. The third-order valence-corrected chi connectivity index (χ3v) is 10.2. The van der Waals surface area contributed by atoms with Crippen molar-refractivity contribution in [2.75, 3.05) is 56.1 Å². The number of anilines is 2. The molecule has 3 aliphatic rings. The smallest absolute Gasteiger partial charge is 0.334 e. The van der Waals surface area contributed by atoms with Crippen molar-refractivity contribution in [3.05, 3.63) is 82.5 Å². The third kappa shape index (κ3) is 6.12. The lowest BCUT2D eigenvalue weighted by atomic mass is 10.00. The second-order valence-electron chi connectivity index (χ2n) is 13.0. The van der Waals surface area contributed by atoms with Crippen molar-refractivity contribution in [3.63, 3.8) is 0 Å². The summed E-state index contributed by atoms with van der Waals surface area (Å²) in [5.74, 6) is 1.05. The molecule has 3 saturated heterocycles. The van der Waals surface area contributed by atoms with Gasteiger partial charge in [-0.05, 0) is 81.4 Å². The van der Waals surface area contributed by atoms with Crippen LogP contribution in [0.25, 0.3) is 11.0 Å². The van der Waals surface area contributed by atoms with Crippen LogP contribution in [0.15, 0.2) is 65.6 Å². The Bertz CT molecular complexity index is 1710. The monoisotopic (exact) mass is 626 g/mol. The minimum Gasteiger partial charge on any atom is -0.342 e. The Hall–Kier alpha value is -4.25. The van der Waals surface area contributed by atoms with Crippen LogP contribution in [0.5, 0.6) is 0 Å². The van der Waals surface area contributed by atoms with Gasteiger partial charge in [-0.15, -0.1) is 0 Å². The molecule has 0 N–H and O–H groups in total. The highest BCUT2D eigenvalue weighted by Gasteiger charge is 2.32. The lowest BCUT2D eigenvalue weighted by molar-refractivity contribution is 0.101. The van der Waals surface area contributed by atoms with Crippen molar-refractivity contribution in [1.29, 1.82) is 0 Å². The van der Waals surface area contributed by atoms with Crippen LogP contribution in [-0.4, -0.2) is 93.3 Å². The first-order valence-electron chi connectivity index (χ1n) is 16.7. The molecular weight excluding hydrogens is 583 g/mol. The van der Waals surface area contributed by atoms with Gasteiger partial charge in [0.1, 0.15) is 5.82 Å². The fraction of sp³-hybridized carbons (Fsp3) is 0.486. The summed E-state index contributed by atoms with van der Waals surface area (Å²) in [6.07, 6.45) is 8.85. The standard InChI is InChI=1S/C35H43FN8O2/c1-39(33-37-18-13-32(45)44(33)35(46)42-23-16-29(17-24-42)40-19-5-2-6-20-40)28-14-21-41(22-15-28)34-38-30-7-3-4-8-31(30)43(34)25-26-9-11-27(36)12-10-26/h3-4,7-13,18,28-29H,2,5-6,14-17,19-25H2,1H3. The summed E-state index contributed by atoms with van der Waals surface area (Å²) in [7, 11) is 1.94. The van der Waals surface area contributed by atoms with Crippen molar-refractivity contribution >= 4 is 29.0 Å². The van der Waals surface area contributed by atoms with Crippen molar-refractivity contribution in [1.82, 2.24) is 28.9 Å². The molecule has 0 saturated carbocycles. The molecule has 0 spiro atoms. The second kappa shape index (κ2) is 13.2. The molecule has 7 rings (SSSR count). The van der Waals surface area contributed by atoms with Gasteiger partial charge in [-0.3, -0.25) is 4.79 Å². The summed E-state index contributed by atoms with van der Waals surface area (Å²) in [4.78, 5) is 45.3. The summed E-state index contributed by atoms with van der Waals surface area (Å²) in [6, 6.07) is 16.5. The van der Waals surface area contributed by atoms with E-state index in [1.165, 1.54) is 48.2 Å². The first-order valence-corrected chi connectivity index (χ1v) is 16.7. The van der Waals surface area contributed by atoms with Gasteiger partial charge in [0.2, 0.25) is 11.9 Å². The average molecular weight is 627 g/mol. The van der Waals surface area contributed by atoms with Gasteiger partial charge in [-0.1, -0.05) is 30.7 Å². The molecule has 5 heterocycles. The van der Waals surface area contributed by atoms with Crippen LogP contribution < -0.4 is 15.4 Å². The zero-order valence-corrected chi connectivity index (χ0v) is 26.6. The Morgan fingerprint density at radius 3 is 2.35 bits per heavy atom. The van der Waals surface area contributed by atoms with Crippen LogP contribution in [0.1, 0.15) is 50.5 Å². The molecule has 0 unspecified atom stereocenters. The van der Waals surface area contributed by atoms with Crippen LogP contribution in [0, 0.1) is 5.82 Å². The molecule has 2 aromatic carbocycles. The summed E-state index contributed by atoms with van der Waals surface area (Å²) < 4.78 is 17.1. The van der Waals surface area contributed by atoms with E-state index in [1.807, 2.05) is 47.2 Å². The highest BCUT2D eigenvalue weighted by atomic mass is 19.1. The maximum absolute atomic E-state index is 13.8. The molecule has 3 fully saturated rings. The SMILES string of the molecule is CN(c1nccc(=O)n1C(=O)N1CCC(N2CCCCC2)CC1)C1CCN(c2nc3ccccc3n2Cc2ccc(F)cc2)CC1. The fourth-order valence-corrected chi connectivity index (χ4v) is 7.52. The number of benzene rings is 2. The van der Waals surface area contributed by atoms with Gasteiger partial charge in [-0.2, -0.15) is 4.57 Å². The summed E-state index contributed by atoms with van der Waals surface area (Å²) in [6.45, 7) is 5.73. The second-order valence-corrected chi connectivity index (χ2v) is 13.0. The molecule has 46 heavy (non-hydrogen) atoms. The molecule has 10 nitrogen and oxygen atoms in total. The minimum absolute atomic E-state index is 0.101. The van der Waals surface area contributed by atoms with Gasteiger partial charge >= 0.3 is 6.03 Å². The molecule has 2 aromatic heterocycles. The number of rotatable bonds is 6. The Kier molecular flexibility index (Phi) is 8.75. The number of amides is 1. The topological polar surface area (TPSA) is 82.7 Å². The van der Waals surface area contributed by atoms with Crippen LogP contribution >= 0.6 is 0 Å². The number of para-hydroxylation sites is 2. The molecular formula is C35H43FN8O2. The molecule has 0 aliphatic carbocycles. The first kappa shape index (κ1) is 30.4. The van der Waals surface area contributed by atoms with E-state index in [0.29, 0.717) is 31.6 Å². The summed E-state index contributed by atoms with van der Waals surface area (Å²) in [5, 5.41) is 0. The van der Waals surface area contributed by atoms with Gasteiger partial charge in [0.05, 0.1) is 17.6 Å².